The number of ether oxygens (including phenoxy) is 2. The maximum absolute atomic E-state index is 11.7. The van der Waals surface area contributed by atoms with E-state index in [4.69, 9.17) is 9.47 Å². The number of benzene rings is 8. The van der Waals surface area contributed by atoms with Crippen LogP contribution in [0.15, 0.2) is 109 Å². The van der Waals surface area contributed by atoms with Crippen molar-refractivity contribution in [3.05, 3.63) is 120 Å². The van der Waals surface area contributed by atoms with Gasteiger partial charge < -0.3 is 30.7 Å². The van der Waals surface area contributed by atoms with E-state index in [1.165, 1.54) is 82.2 Å². The molecule has 8 rings (SSSR count). The second-order valence-corrected chi connectivity index (χ2v) is 16.5. The minimum absolute atomic E-state index is 0.0497. The minimum Gasteiger partial charge on any atom is -0.377 e. The van der Waals surface area contributed by atoms with Crippen molar-refractivity contribution in [1.29, 1.82) is 0 Å². The molecule has 8 heteroatoms. The van der Waals surface area contributed by atoms with Crippen LogP contribution in [0.2, 0.25) is 0 Å². The molecule has 0 spiro atoms. The van der Waals surface area contributed by atoms with E-state index >= 15 is 0 Å². The Bertz CT molecular complexity index is 2610. The summed E-state index contributed by atoms with van der Waals surface area (Å²) in [6.07, 6.45) is 10.4. The van der Waals surface area contributed by atoms with E-state index in [2.05, 4.69) is 137 Å². The van der Waals surface area contributed by atoms with Crippen molar-refractivity contribution in [2.75, 3.05) is 39.4 Å². The van der Waals surface area contributed by atoms with E-state index in [9.17, 15) is 9.59 Å². The zero-order valence-electron chi connectivity index (χ0n) is 36.8. The Balaban J connectivity index is 0.000000187. The Kier molecular flexibility index (Phi) is 16.4. The molecule has 62 heavy (non-hydrogen) atoms. The molecule has 8 aromatic rings. The van der Waals surface area contributed by atoms with Crippen molar-refractivity contribution < 1.29 is 19.1 Å². The molecular formula is C54H64N4O4. The number of hydrogen-bond donors (Lipinski definition) is 4. The van der Waals surface area contributed by atoms with Gasteiger partial charge in [-0.1, -0.05) is 136 Å². The average molecular weight is 833 g/mol. The van der Waals surface area contributed by atoms with Crippen molar-refractivity contribution >= 4 is 76.7 Å². The Morgan fingerprint density at radius 1 is 0.387 bits per heavy atom. The van der Waals surface area contributed by atoms with E-state index in [1.807, 2.05) is 6.92 Å². The highest BCUT2D eigenvalue weighted by atomic mass is 16.5. The molecule has 0 atom stereocenters. The smallest absolute Gasteiger partial charge is 0.314 e. The zero-order chi connectivity index (χ0) is 42.9. The van der Waals surface area contributed by atoms with Gasteiger partial charge in [0, 0.05) is 39.4 Å². The molecule has 0 aliphatic rings. The summed E-state index contributed by atoms with van der Waals surface area (Å²) in [6, 6.07) is 39.5. The first-order valence-electron chi connectivity index (χ1n) is 23.1. The summed E-state index contributed by atoms with van der Waals surface area (Å²) in [7, 11) is 0. The molecule has 0 saturated carbocycles. The van der Waals surface area contributed by atoms with Crippen LogP contribution in [0.3, 0.4) is 0 Å². The number of hydrogen-bond acceptors (Lipinski definition) is 4. The lowest BCUT2D eigenvalue weighted by atomic mass is 9.92. The van der Waals surface area contributed by atoms with E-state index in [0.29, 0.717) is 26.3 Å². The molecule has 0 heterocycles. The van der Waals surface area contributed by atoms with E-state index < -0.39 is 0 Å². The van der Waals surface area contributed by atoms with Gasteiger partial charge in [0.2, 0.25) is 0 Å². The monoisotopic (exact) mass is 832 g/mol. The lowest BCUT2D eigenvalue weighted by molar-refractivity contribution is 0.117. The van der Waals surface area contributed by atoms with Crippen LogP contribution >= 0.6 is 0 Å². The summed E-state index contributed by atoms with van der Waals surface area (Å²) in [6.45, 7) is 9.87. The lowest BCUT2D eigenvalue weighted by Crippen LogP contribution is -2.36. The average Bonchev–Trinajstić information content (AvgIpc) is 3.30. The molecule has 0 aliphatic heterocycles. The second kappa shape index (κ2) is 22.9. The molecule has 8 aromatic carbocycles. The summed E-state index contributed by atoms with van der Waals surface area (Å²) in [5, 5.41) is 27.3. The second-order valence-electron chi connectivity index (χ2n) is 16.5. The van der Waals surface area contributed by atoms with Gasteiger partial charge in [0.1, 0.15) is 0 Å². The molecule has 0 radical (unpaired) electrons. The van der Waals surface area contributed by atoms with Gasteiger partial charge in [0.05, 0.1) is 13.2 Å². The standard InChI is InChI=1S/C28H34N2O2.C26H30N2O2/c1-2-3-5-17-29-28(31)30-18-6-4-7-19-32-20-24-14-13-23-12-11-21-9-8-10-22-15-16-25(24)27(23)26(21)22;1-2-15-27-26(29)28-16-4-3-5-17-30-18-22-12-11-21-10-9-19-7-6-8-20-13-14-23(22)25(21)24(19)20/h8-16H,2-7,17-20H2,1H3,(H2,29,30,31);6-14H,2-5,15-18H2,1H3,(H2,27,28,29). The van der Waals surface area contributed by atoms with Crippen LogP contribution in [0.25, 0.3) is 64.6 Å². The fourth-order valence-corrected chi connectivity index (χ4v) is 8.56. The molecule has 4 N–H and O–H groups in total. The fourth-order valence-electron chi connectivity index (χ4n) is 8.56. The molecule has 4 amide bonds. The first-order valence-corrected chi connectivity index (χ1v) is 23.1. The van der Waals surface area contributed by atoms with Crippen molar-refractivity contribution in [2.24, 2.45) is 0 Å². The molecule has 8 nitrogen and oxygen atoms in total. The SMILES string of the molecule is CCCCCNC(=O)NCCCCCOCc1ccc2ccc3cccc4ccc1c2c34.CCCNC(=O)NCCCCCOCc1ccc2ccc3cccc4ccc1c2c34. The van der Waals surface area contributed by atoms with Crippen molar-refractivity contribution in [2.45, 2.75) is 91.3 Å². The van der Waals surface area contributed by atoms with Gasteiger partial charge in [0.15, 0.2) is 0 Å². The zero-order valence-corrected chi connectivity index (χ0v) is 36.8. The number of amides is 4. The predicted octanol–water partition coefficient (Wildman–Crippen LogP) is 12.7. The predicted molar refractivity (Wildman–Crippen MR) is 260 cm³/mol. The maximum Gasteiger partial charge on any atom is 0.314 e. The first-order chi connectivity index (χ1) is 30.6. The minimum atomic E-state index is -0.0675. The number of nitrogens with one attached hydrogen (secondary N) is 4. The van der Waals surface area contributed by atoms with Crippen molar-refractivity contribution in [1.82, 2.24) is 21.3 Å². The number of carbonyl (C=O) groups is 2. The lowest BCUT2D eigenvalue weighted by Gasteiger charge is -2.14. The van der Waals surface area contributed by atoms with Gasteiger partial charge in [-0.2, -0.15) is 0 Å². The summed E-state index contributed by atoms with van der Waals surface area (Å²) >= 11 is 0. The van der Waals surface area contributed by atoms with Crippen LogP contribution < -0.4 is 21.3 Å². The molecule has 324 valence electrons. The molecule has 0 bridgehead atoms. The largest absolute Gasteiger partial charge is 0.377 e. The van der Waals surface area contributed by atoms with Crippen molar-refractivity contribution in [3.8, 4) is 0 Å². The molecule has 0 saturated heterocycles. The van der Waals surface area contributed by atoms with Gasteiger partial charge in [0.25, 0.3) is 0 Å². The van der Waals surface area contributed by atoms with Gasteiger partial charge >= 0.3 is 12.1 Å². The maximum atomic E-state index is 11.7. The molecule has 0 aliphatic carbocycles. The molecular weight excluding hydrogens is 769 g/mol. The Morgan fingerprint density at radius 3 is 1.18 bits per heavy atom. The van der Waals surface area contributed by atoms with E-state index in [-0.39, 0.29) is 12.1 Å². The van der Waals surface area contributed by atoms with Crippen LogP contribution in [-0.2, 0) is 22.7 Å². The third-order valence-corrected chi connectivity index (χ3v) is 11.9. The van der Waals surface area contributed by atoms with Crippen LogP contribution in [0.1, 0.15) is 89.2 Å². The van der Waals surface area contributed by atoms with Crippen LogP contribution in [0, 0.1) is 0 Å². The Hall–Kier alpha value is -5.70. The molecule has 0 aromatic heterocycles. The van der Waals surface area contributed by atoms with Gasteiger partial charge in [-0.15, -0.1) is 0 Å². The van der Waals surface area contributed by atoms with E-state index in [0.717, 1.165) is 84.1 Å². The highest BCUT2D eigenvalue weighted by molar-refractivity contribution is 6.24. The normalized spacial score (nSPS) is 11.5. The van der Waals surface area contributed by atoms with Gasteiger partial charge in [-0.25, -0.2) is 9.59 Å². The van der Waals surface area contributed by atoms with Gasteiger partial charge in [-0.3, -0.25) is 0 Å². The topological polar surface area (TPSA) is 101 Å². The van der Waals surface area contributed by atoms with Crippen molar-refractivity contribution in [3.63, 3.8) is 0 Å². The Morgan fingerprint density at radius 2 is 0.758 bits per heavy atom. The summed E-state index contributed by atoms with van der Waals surface area (Å²) in [4.78, 5) is 23.2. The summed E-state index contributed by atoms with van der Waals surface area (Å²) in [5.74, 6) is 0. The molecule has 0 fully saturated rings. The van der Waals surface area contributed by atoms with Crippen LogP contribution in [-0.4, -0.2) is 51.5 Å². The number of carbonyl (C=O) groups excluding carboxylic acids is 2. The quantitative estimate of drug-likeness (QED) is 0.0404. The number of rotatable bonds is 22. The third-order valence-electron chi connectivity index (χ3n) is 11.9. The number of unbranched alkanes of at least 4 members (excludes halogenated alkanes) is 6. The van der Waals surface area contributed by atoms with Crippen LogP contribution in [0.4, 0.5) is 9.59 Å². The molecule has 0 unspecified atom stereocenters. The fraction of sp³-hybridized carbons (Fsp3) is 0.370. The highest BCUT2D eigenvalue weighted by Gasteiger charge is 2.12. The van der Waals surface area contributed by atoms with Gasteiger partial charge in [-0.05, 0) is 127 Å². The summed E-state index contributed by atoms with van der Waals surface area (Å²) < 4.78 is 12.0. The highest BCUT2D eigenvalue weighted by Crippen LogP contribution is 2.37. The Labute approximate surface area is 366 Å². The summed E-state index contributed by atoms with van der Waals surface area (Å²) in [5.41, 5.74) is 2.49. The first kappa shape index (κ1) is 44.4. The van der Waals surface area contributed by atoms with E-state index in [1.54, 1.807) is 0 Å². The number of urea groups is 2. The van der Waals surface area contributed by atoms with Crippen LogP contribution in [0.5, 0.6) is 0 Å². The third kappa shape index (κ3) is 11.4.